The summed E-state index contributed by atoms with van der Waals surface area (Å²) in [7, 11) is 2.03. The van der Waals surface area contributed by atoms with Gasteiger partial charge in [-0.05, 0) is 49.7 Å². The van der Waals surface area contributed by atoms with Crippen molar-refractivity contribution in [1.82, 2.24) is 19.9 Å². The van der Waals surface area contributed by atoms with E-state index < -0.39 is 0 Å². The zero-order valence-electron chi connectivity index (χ0n) is 16.6. The minimum absolute atomic E-state index is 0.178. The van der Waals surface area contributed by atoms with Gasteiger partial charge in [0.1, 0.15) is 18.2 Å². The number of piperidine rings is 1. The van der Waals surface area contributed by atoms with E-state index in [-0.39, 0.29) is 17.7 Å². The zero-order valence-corrected chi connectivity index (χ0v) is 17.3. The smallest absolute Gasteiger partial charge is 0.258 e. The molecule has 3 aromatic rings. The largest absolute Gasteiger partial charge is 0.487 e. The van der Waals surface area contributed by atoms with Crippen molar-refractivity contribution >= 4 is 17.4 Å². The Balaban J connectivity index is 1.26. The van der Waals surface area contributed by atoms with E-state index in [1.807, 2.05) is 19.2 Å². The van der Waals surface area contributed by atoms with E-state index in [9.17, 15) is 4.79 Å². The molecule has 1 saturated carbocycles. The SMILES string of the molecule is CN[C@]12C[C@H]1CN(c1ccc(-n3ccc(OCc4ccc(Cl)cn4)cc3=O)cn1)C2. The third kappa shape index (κ3) is 3.55. The summed E-state index contributed by atoms with van der Waals surface area (Å²) < 4.78 is 7.23. The molecule has 2 fully saturated rings. The van der Waals surface area contributed by atoms with Gasteiger partial charge in [-0.15, -0.1) is 0 Å². The van der Waals surface area contributed by atoms with Crippen LogP contribution in [-0.4, -0.2) is 40.2 Å². The Morgan fingerprint density at radius 2 is 2.13 bits per heavy atom. The van der Waals surface area contributed by atoms with Crippen LogP contribution < -0.4 is 20.5 Å². The second-order valence-corrected chi connectivity index (χ2v) is 8.33. The van der Waals surface area contributed by atoms with Gasteiger partial charge < -0.3 is 15.0 Å². The Labute approximate surface area is 179 Å². The van der Waals surface area contributed by atoms with Crippen LogP contribution in [0.1, 0.15) is 12.1 Å². The van der Waals surface area contributed by atoms with Crippen LogP contribution in [0.2, 0.25) is 5.02 Å². The van der Waals surface area contributed by atoms with E-state index in [2.05, 4.69) is 20.2 Å². The second kappa shape index (κ2) is 7.41. The van der Waals surface area contributed by atoms with Crippen LogP contribution in [0, 0.1) is 5.92 Å². The van der Waals surface area contributed by atoms with E-state index in [0.29, 0.717) is 16.7 Å². The quantitative estimate of drug-likeness (QED) is 0.657. The highest BCUT2D eigenvalue weighted by Crippen LogP contribution is 2.49. The maximum Gasteiger partial charge on any atom is 0.258 e. The van der Waals surface area contributed by atoms with Crippen molar-refractivity contribution in [3.63, 3.8) is 0 Å². The lowest BCUT2D eigenvalue weighted by atomic mass is 10.2. The molecule has 4 heterocycles. The number of ether oxygens (including phenoxy) is 1. The van der Waals surface area contributed by atoms with Crippen molar-refractivity contribution in [2.75, 3.05) is 25.0 Å². The van der Waals surface area contributed by atoms with Crippen molar-refractivity contribution in [2.24, 2.45) is 5.92 Å². The third-order valence-electron chi connectivity index (χ3n) is 6.04. The van der Waals surface area contributed by atoms with Gasteiger partial charge >= 0.3 is 0 Å². The number of nitrogens with one attached hydrogen (secondary N) is 1. The molecular weight excluding hydrogens is 402 g/mol. The van der Waals surface area contributed by atoms with Crippen LogP contribution in [0.25, 0.3) is 5.69 Å². The van der Waals surface area contributed by atoms with E-state index in [0.717, 1.165) is 30.3 Å². The van der Waals surface area contributed by atoms with Gasteiger partial charge in [-0.2, -0.15) is 0 Å². The van der Waals surface area contributed by atoms with Crippen LogP contribution in [0.5, 0.6) is 5.75 Å². The monoisotopic (exact) mass is 423 g/mol. The summed E-state index contributed by atoms with van der Waals surface area (Å²) in [6, 6.07) is 10.7. The summed E-state index contributed by atoms with van der Waals surface area (Å²) in [6.07, 6.45) is 6.25. The van der Waals surface area contributed by atoms with Crippen LogP contribution >= 0.6 is 11.6 Å². The number of halogens is 1. The number of nitrogens with zero attached hydrogens (tertiary/aromatic N) is 4. The molecule has 0 radical (unpaired) electrons. The summed E-state index contributed by atoms with van der Waals surface area (Å²) in [4.78, 5) is 23.6. The fourth-order valence-electron chi connectivity index (χ4n) is 4.17. The first-order valence-corrected chi connectivity index (χ1v) is 10.3. The fourth-order valence-corrected chi connectivity index (χ4v) is 4.28. The molecule has 2 aliphatic rings. The number of likely N-dealkylation sites (N-methyl/N-ethyl adjacent to an activating group) is 1. The molecule has 0 bridgehead atoms. The van der Waals surface area contributed by atoms with Gasteiger partial charge in [0.15, 0.2) is 0 Å². The Kier molecular flexibility index (Phi) is 4.72. The van der Waals surface area contributed by atoms with Gasteiger partial charge in [-0.25, -0.2) is 4.98 Å². The predicted molar refractivity (Wildman–Crippen MR) is 116 cm³/mol. The number of pyridine rings is 3. The van der Waals surface area contributed by atoms with Crippen LogP contribution in [0.4, 0.5) is 5.82 Å². The Hall–Kier alpha value is -2.90. The molecule has 30 heavy (non-hydrogen) atoms. The Bertz CT molecular complexity index is 1110. The van der Waals surface area contributed by atoms with E-state index >= 15 is 0 Å². The molecule has 8 heteroatoms. The van der Waals surface area contributed by atoms with Crippen molar-refractivity contribution < 1.29 is 4.74 Å². The first-order chi connectivity index (χ1) is 14.6. The van der Waals surface area contributed by atoms with Crippen molar-refractivity contribution in [1.29, 1.82) is 0 Å². The Morgan fingerprint density at radius 1 is 1.23 bits per heavy atom. The molecule has 0 aromatic carbocycles. The molecule has 2 atom stereocenters. The lowest BCUT2D eigenvalue weighted by Gasteiger charge is -2.22. The molecule has 154 valence electrons. The van der Waals surface area contributed by atoms with Gasteiger partial charge in [0, 0.05) is 37.1 Å². The summed E-state index contributed by atoms with van der Waals surface area (Å²) >= 11 is 5.83. The minimum Gasteiger partial charge on any atom is -0.487 e. The first kappa shape index (κ1) is 19.1. The highest BCUT2D eigenvalue weighted by molar-refractivity contribution is 6.30. The lowest BCUT2D eigenvalue weighted by molar-refractivity contribution is 0.300. The second-order valence-electron chi connectivity index (χ2n) is 7.89. The summed E-state index contributed by atoms with van der Waals surface area (Å²) in [6.45, 7) is 2.28. The van der Waals surface area contributed by atoms with Crippen LogP contribution in [-0.2, 0) is 6.61 Å². The van der Waals surface area contributed by atoms with Gasteiger partial charge in [0.05, 0.1) is 22.6 Å². The zero-order chi connectivity index (χ0) is 20.7. The van der Waals surface area contributed by atoms with E-state index in [4.69, 9.17) is 16.3 Å². The molecule has 3 aromatic heterocycles. The molecular formula is C22H22ClN5O2. The molecule has 0 spiro atoms. The molecule has 0 unspecified atom stereocenters. The molecule has 7 nitrogen and oxygen atoms in total. The average molecular weight is 424 g/mol. The number of aromatic nitrogens is 3. The fraction of sp³-hybridized carbons (Fsp3) is 0.318. The van der Waals surface area contributed by atoms with Crippen LogP contribution in [0.3, 0.4) is 0 Å². The third-order valence-corrected chi connectivity index (χ3v) is 6.27. The first-order valence-electron chi connectivity index (χ1n) is 9.92. The van der Waals surface area contributed by atoms with E-state index in [1.165, 1.54) is 12.5 Å². The maximum absolute atomic E-state index is 12.6. The number of rotatable bonds is 6. The van der Waals surface area contributed by atoms with Crippen molar-refractivity contribution in [3.8, 4) is 11.4 Å². The summed E-state index contributed by atoms with van der Waals surface area (Å²) in [5.41, 5.74) is 1.56. The maximum atomic E-state index is 12.6. The van der Waals surface area contributed by atoms with Crippen molar-refractivity contribution in [3.05, 3.63) is 76.1 Å². The topological polar surface area (TPSA) is 72.3 Å². The molecule has 1 aliphatic carbocycles. The highest BCUT2D eigenvalue weighted by atomic mass is 35.5. The van der Waals surface area contributed by atoms with Crippen LogP contribution in [0.15, 0.2) is 59.8 Å². The van der Waals surface area contributed by atoms with Gasteiger partial charge in [0.25, 0.3) is 5.56 Å². The molecule has 0 amide bonds. The standard InChI is InChI=1S/C22H22ClN5O2/c1-24-22-9-15(22)12-27(14-22)20-5-4-18(11-26-20)28-7-6-19(8-21(28)29)30-13-17-3-2-16(23)10-25-17/h2-8,10-11,15,24H,9,12-14H2,1H3/t15-,22-/m0/s1. The van der Waals surface area contributed by atoms with Crippen molar-refractivity contribution in [2.45, 2.75) is 18.6 Å². The predicted octanol–water partition coefficient (Wildman–Crippen LogP) is 2.66. The Morgan fingerprint density at radius 3 is 2.80 bits per heavy atom. The summed E-state index contributed by atoms with van der Waals surface area (Å²) in [5, 5.41) is 4.02. The van der Waals surface area contributed by atoms with Gasteiger partial charge in [0.2, 0.25) is 0 Å². The molecule has 1 N–H and O–H groups in total. The number of hydrogen-bond donors (Lipinski definition) is 1. The molecule has 1 aliphatic heterocycles. The summed E-state index contributed by atoms with van der Waals surface area (Å²) in [5.74, 6) is 2.15. The molecule has 1 saturated heterocycles. The minimum atomic E-state index is -0.178. The lowest BCUT2D eigenvalue weighted by Crippen LogP contribution is -2.36. The van der Waals surface area contributed by atoms with E-state index in [1.54, 1.807) is 41.4 Å². The number of anilines is 1. The average Bonchev–Trinajstić information content (AvgIpc) is 3.33. The normalized spacial score (nSPS) is 22.1. The van der Waals surface area contributed by atoms with Gasteiger partial charge in [-0.3, -0.25) is 14.3 Å². The van der Waals surface area contributed by atoms with Gasteiger partial charge in [-0.1, -0.05) is 11.6 Å². The molecule has 5 rings (SSSR count). The number of hydrogen-bond acceptors (Lipinski definition) is 6. The number of fused-ring (bicyclic) bond motifs is 1. The highest BCUT2D eigenvalue weighted by Gasteiger charge is 2.59.